The highest BCUT2D eigenvalue weighted by molar-refractivity contribution is 6.31. The van der Waals surface area contributed by atoms with Crippen molar-refractivity contribution in [3.63, 3.8) is 0 Å². The third-order valence-corrected chi connectivity index (χ3v) is 4.19. The minimum absolute atomic E-state index is 0.000638. The van der Waals surface area contributed by atoms with E-state index in [1.807, 2.05) is 0 Å². The quantitative estimate of drug-likeness (QED) is 0.718. The zero-order chi connectivity index (χ0) is 18.8. The van der Waals surface area contributed by atoms with Gasteiger partial charge in [-0.2, -0.15) is 0 Å². The Kier molecular flexibility index (Phi) is 4.77. The normalized spacial score (nSPS) is 10.6. The number of esters is 1. The van der Waals surface area contributed by atoms with E-state index in [0.29, 0.717) is 27.2 Å². The fraction of sp³-hybridized carbons (Fsp3) is 0.105. The summed E-state index contributed by atoms with van der Waals surface area (Å²) >= 11 is 5.97. The van der Waals surface area contributed by atoms with Gasteiger partial charge in [0.1, 0.15) is 5.56 Å². The first-order valence-corrected chi connectivity index (χ1v) is 8.07. The number of halogens is 1. The molecule has 26 heavy (non-hydrogen) atoms. The Bertz CT molecular complexity index is 1070. The average Bonchev–Trinajstić information content (AvgIpc) is 2.64. The van der Waals surface area contributed by atoms with Gasteiger partial charge in [-0.1, -0.05) is 11.6 Å². The fourth-order valence-electron chi connectivity index (χ4n) is 2.63. The maximum Gasteiger partial charge on any atom is 0.337 e. The highest BCUT2D eigenvalue weighted by Crippen LogP contribution is 2.17. The number of amides is 1. The number of aromatic nitrogens is 1. The van der Waals surface area contributed by atoms with Crippen molar-refractivity contribution in [2.75, 3.05) is 12.4 Å². The van der Waals surface area contributed by atoms with Gasteiger partial charge < -0.3 is 14.6 Å². The molecule has 6 nitrogen and oxygen atoms in total. The summed E-state index contributed by atoms with van der Waals surface area (Å²) in [5.74, 6) is -1.01. The molecule has 7 heteroatoms. The van der Waals surface area contributed by atoms with Gasteiger partial charge in [-0.15, -0.1) is 0 Å². The van der Waals surface area contributed by atoms with E-state index < -0.39 is 17.3 Å². The number of rotatable bonds is 3. The molecule has 3 rings (SSSR count). The first-order valence-electron chi connectivity index (χ1n) is 7.69. The Morgan fingerprint density at radius 2 is 1.81 bits per heavy atom. The Morgan fingerprint density at radius 1 is 1.12 bits per heavy atom. The van der Waals surface area contributed by atoms with Crippen LogP contribution in [0.5, 0.6) is 0 Å². The maximum atomic E-state index is 12.7. The van der Waals surface area contributed by atoms with E-state index >= 15 is 0 Å². The van der Waals surface area contributed by atoms with Crippen LogP contribution >= 0.6 is 11.6 Å². The van der Waals surface area contributed by atoms with Gasteiger partial charge in [0.2, 0.25) is 5.43 Å². The van der Waals surface area contributed by atoms with Crippen molar-refractivity contribution in [1.29, 1.82) is 0 Å². The molecule has 1 N–H and O–H groups in total. The molecule has 2 aromatic carbocycles. The van der Waals surface area contributed by atoms with Crippen LogP contribution in [-0.4, -0.2) is 23.6 Å². The average molecular weight is 371 g/mol. The maximum absolute atomic E-state index is 12.7. The number of methoxy groups -OCH3 is 1. The van der Waals surface area contributed by atoms with Gasteiger partial charge in [-0.05, 0) is 42.5 Å². The van der Waals surface area contributed by atoms with E-state index in [1.165, 1.54) is 25.4 Å². The summed E-state index contributed by atoms with van der Waals surface area (Å²) in [6.45, 7) is 0. The van der Waals surface area contributed by atoms with Crippen LogP contribution in [0, 0.1) is 0 Å². The van der Waals surface area contributed by atoms with Gasteiger partial charge in [-0.3, -0.25) is 9.59 Å². The second-order valence-corrected chi connectivity index (χ2v) is 6.10. The number of anilines is 1. The molecule has 0 saturated heterocycles. The molecule has 0 aliphatic rings. The zero-order valence-electron chi connectivity index (χ0n) is 14.1. The Labute approximate surface area is 154 Å². The van der Waals surface area contributed by atoms with E-state index in [-0.39, 0.29) is 5.56 Å². The number of fused-ring (bicyclic) bond motifs is 1. The van der Waals surface area contributed by atoms with Crippen molar-refractivity contribution in [1.82, 2.24) is 4.57 Å². The van der Waals surface area contributed by atoms with Crippen LogP contribution in [0.25, 0.3) is 10.9 Å². The number of ether oxygens (including phenoxy) is 1. The molecular weight excluding hydrogens is 356 g/mol. The summed E-state index contributed by atoms with van der Waals surface area (Å²) in [5.41, 5.74) is 1.10. The predicted molar refractivity (Wildman–Crippen MR) is 99.9 cm³/mol. The second kappa shape index (κ2) is 7.01. The Hall–Kier alpha value is -3.12. The van der Waals surface area contributed by atoms with E-state index in [0.717, 1.165) is 0 Å². The van der Waals surface area contributed by atoms with Gasteiger partial charge in [0, 0.05) is 29.3 Å². The number of carbonyl (C=O) groups is 2. The van der Waals surface area contributed by atoms with Crippen LogP contribution in [0.2, 0.25) is 5.02 Å². The topological polar surface area (TPSA) is 77.4 Å². The first kappa shape index (κ1) is 17.7. The molecule has 0 fully saturated rings. The largest absolute Gasteiger partial charge is 0.465 e. The van der Waals surface area contributed by atoms with Crippen molar-refractivity contribution in [2.24, 2.45) is 7.05 Å². The SMILES string of the molecule is COC(=O)c1ccc(NC(=O)c2cn(C)c3ccc(Cl)cc3c2=O)cc1. The number of nitrogens with one attached hydrogen (secondary N) is 1. The number of benzene rings is 2. The van der Waals surface area contributed by atoms with Gasteiger partial charge in [0.25, 0.3) is 5.91 Å². The van der Waals surface area contributed by atoms with Crippen molar-refractivity contribution in [3.8, 4) is 0 Å². The lowest BCUT2D eigenvalue weighted by molar-refractivity contribution is 0.0600. The molecule has 0 bridgehead atoms. The minimum atomic E-state index is -0.543. The Balaban J connectivity index is 1.94. The number of hydrogen-bond donors (Lipinski definition) is 1. The molecule has 0 aliphatic carbocycles. The van der Waals surface area contributed by atoms with E-state index in [1.54, 1.807) is 41.9 Å². The van der Waals surface area contributed by atoms with E-state index in [4.69, 9.17) is 11.6 Å². The van der Waals surface area contributed by atoms with Gasteiger partial charge in [0.15, 0.2) is 0 Å². The summed E-state index contributed by atoms with van der Waals surface area (Å²) in [4.78, 5) is 36.6. The smallest absolute Gasteiger partial charge is 0.337 e. The number of aryl methyl sites for hydroxylation is 1. The van der Waals surface area contributed by atoms with Crippen LogP contribution in [0.15, 0.2) is 53.5 Å². The monoisotopic (exact) mass is 370 g/mol. The first-order chi connectivity index (χ1) is 12.4. The summed E-state index contributed by atoms with van der Waals surface area (Å²) in [5, 5.41) is 3.44. The molecule has 0 atom stereocenters. The van der Waals surface area contributed by atoms with E-state index in [2.05, 4.69) is 10.1 Å². The predicted octanol–water partition coefficient (Wildman–Crippen LogP) is 3.23. The zero-order valence-corrected chi connectivity index (χ0v) is 14.8. The molecule has 0 aliphatic heterocycles. The highest BCUT2D eigenvalue weighted by Gasteiger charge is 2.15. The van der Waals surface area contributed by atoms with Crippen molar-refractivity contribution >= 4 is 40.1 Å². The number of carbonyl (C=O) groups excluding carboxylic acids is 2. The fourth-order valence-corrected chi connectivity index (χ4v) is 2.80. The number of nitrogens with zero attached hydrogens (tertiary/aromatic N) is 1. The van der Waals surface area contributed by atoms with E-state index in [9.17, 15) is 14.4 Å². The number of hydrogen-bond acceptors (Lipinski definition) is 4. The van der Waals surface area contributed by atoms with Gasteiger partial charge in [-0.25, -0.2) is 4.79 Å². The van der Waals surface area contributed by atoms with Crippen molar-refractivity contribution in [2.45, 2.75) is 0 Å². The van der Waals surface area contributed by atoms with Crippen molar-refractivity contribution < 1.29 is 14.3 Å². The van der Waals surface area contributed by atoms with Crippen molar-refractivity contribution in [3.05, 3.63) is 75.0 Å². The van der Waals surface area contributed by atoms with Crippen LogP contribution < -0.4 is 10.7 Å². The summed E-state index contributed by atoms with van der Waals surface area (Å²) in [6, 6.07) is 11.1. The number of pyridine rings is 1. The van der Waals surface area contributed by atoms with Gasteiger partial charge in [0.05, 0.1) is 18.2 Å². The van der Waals surface area contributed by atoms with Crippen LogP contribution in [0.1, 0.15) is 20.7 Å². The third-order valence-electron chi connectivity index (χ3n) is 3.96. The molecule has 0 saturated carbocycles. The summed E-state index contributed by atoms with van der Waals surface area (Å²) in [7, 11) is 3.04. The highest BCUT2D eigenvalue weighted by atomic mass is 35.5. The molecule has 1 heterocycles. The third kappa shape index (κ3) is 3.32. The summed E-state index contributed by atoms with van der Waals surface area (Å²) in [6.07, 6.45) is 1.48. The lowest BCUT2D eigenvalue weighted by Crippen LogP contribution is -2.23. The lowest BCUT2D eigenvalue weighted by Gasteiger charge is -2.10. The van der Waals surface area contributed by atoms with Crippen LogP contribution in [0.4, 0.5) is 5.69 Å². The Morgan fingerprint density at radius 3 is 2.46 bits per heavy atom. The molecule has 132 valence electrons. The molecule has 0 unspecified atom stereocenters. The molecule has 1 amide bonds. The summed E-state index contributed by atoms with van der Waals surface area (Å²) < 4.78 is 6.32. The lowest BCUT2D eigenvalue weighted by atomic mass is 10.1. The molecule has 0 spiro atoms. The minimum Gasteiger partial charge on any atom is -0.465 e. The molecule has 0 radical (unpaired) electrons. The molecule has 3 aromatic rings. The van der Waals surface area contributed by atoms with Crippen LogP contribution in [0.3, 0.4) is 0 Å². The molecular formula is C19H15ClN2O4. The van der Waals surface area contributed by atoms with Crippen LogP contribution in [-0.2, 0) is 11.8 Å². The molecule has 1 aromatic heterocycles. The second-order valence-electron chi connectivity index (χ2n) is 5.67. The van der Waals surface area contributed by atoms with Gasteiger partial charge >= 0.3 is 5.97 Å². The standard InChI is InChI=1S/C19H15ClN2O4/c1-22-10-15(17(23)14-9-12(20)5-8-16(14)22)18(24)21-13-6-3-11(4-7-13)19(25)26-2/h3-10H,1-2H3,(H,21,24).